The van der Waals surface area contributed by atoms with Crippen LogP contribution >= 0.6 is 0 Å². The van der Waals surface area contributed by atoms with E-state index in [2.05, 4.69) is 6.07 Å². The molecule has 12 heavy (non-hydrogen) atoms. The molecule has 1 N–H and O–H groups in total. The molecular formula is C9H9O3. The van der Waals surface area contributed by atoms with Crippen LogP contribution in [0.25, 0.3) is 0 Å². The molecule has 0 aromatic heterocycles. The molecule has 0 aliphatic carbocycles. The molecule has 0 bridgehead atoms. The van der Waals surface area contributed by atoms with Crippen LogP contribution in [-0.4, -0.2) is 17.7 Å². The van der Waals surface area contributed by atoms with E-state index in [0.29, 0.717) is 6.61 Å². The van der Waals surface area contributed by atoms with Gasteiger partial charge >= 0.3 is 5.97 Å². The van der Waals surface area contributed by atoms with Gasteiger partial charge in [0.25, 0.3) is 0 Å². The number of phenols is 1. The fraction of sp³-hybridized carbons (Fsp3) is 0.222. The standard InChI is InChI=1S/C9H9O3/c1-2-12-9(11)7-4-3-5-8(10)6-7/h3,5-6,10H,2H2,1H3. The Balaban J connectivity index is 2.81. The van der Waals surface area contributed by atoms with Crippen molar-refractivity contribution in [3.05, 3.63) is 29.8 Å². The van der Waals surface area contributed by atoms with Crippen molar-refractivity contribution >= 4 is 5.97 Å². The molecule has 0 aliphatic heterocycles. The Kier molecular flexibility index (Phi) is 2.69. The van der Waals surface area contributed by atoms with Gasteiger partial charge in [-0.2, -0.15) is 0 Å². The largest absolute Gasteiger partial charge is 0.508 e. The Morgan fingerprint density at radius 3 is 3.08 bits per heavy atom. The minimum absolute atomic E-state index is 0.0387. The third kappa shape index (κ3) is 1.99. The quantitative estimate of drug-likeness (QED) is 0.673. The molecule has 1 radical (unpaired) electrons. The van der Waals surface area contributed by atoms with Gasteiger partial charge in [-0.25, -0.2) is 4.79 Å². The van der Waals surface area contributed by atoms with Crippen LogP contribution in [0.1, 0.15) is 17.3 Å². The molecule has 0 unspecified atom stereocenters. The van der Waals surface area contributed by atoms with Crippen molar-refractivity contribution in [1.82, 2.24) is 0 Å². The van der Waals surface area contributed by atoms with Gasteiger partial charge in [0.05, 0.1) is 12.2 Å². The average Bonchev–Trinajstić information content (AvgIpc) is 2.05. The first kappa shape index (κ1) is 8.59. The van der Waals surface area contributed by atoms with E-state index in [1.54, 1.807) is 6.92 Å². The Labute approximate surface area is 70.6 Å². The van der Waals surface area contributed by atoms with Gasteiger partial charge in [0.2, 0.25) is 0 Å². The van der Waals surface area contributed by atoms with Crippen LogP contribution in [0.3, 0.4) is 0 Å². The van der Waals surface area contributed by atoms with Crippen molar-refractivity contribution in [2.75, 3.05) is 6.61 Å². The normalized spacial score (nSPS) is 9.42. The van der Waals surface area contributed by atoms with Crippen LogP contribution in [0, 0.1) is 6.07 Å². The van der Waals surface area contributed by atoms with E-state index in [1.165, 1.54) is 18.2 Å². The number of carbonyl (C=O) groups is 1. The number of carbonyl (C=O) groups excluding carboxylic acids is 1. The summed E-state index contributed by atoms with van der Waals surface area (Å²) in [6.07, 6.45) is 0. The summed E-state index contributed by atoms with van der Waals surface area (Å²) >= 11 is 0. The summed E-state index contributed by atoms with van der Waals surface area (Å²) < 4.78 is 4.70. The third-order valence-electron chi connectivity index (χ3n) is 1.28. The highest BCUT2D eigenvalue weighted by Gasteiger charge is 2.05. The van der Waals surface area contributed by atoms with Crippen molar-refractivity contribution in [3.63, 3.8) is 0 Å². The zero-order valence-corrected chi connectivity index (χ0v) is 6.70. The average molecular weight is 165 g/mol. The van der Waals surface area contributed by atoms with E-state index in [1.807, 2.05) is 0 Å². The molecule has 1 aromatic carbocycles. The summed E-state index contributed by atoms with van der Waals surface area (Å²) in [5.41, 5.74) is 0.247. The molecule has 1 aromatic rings. The lowest BCUT2D eigenvalue weighted by molar-refractivity contribution is 0.0525. The van der Waals surface area contributed by atoms with Crippen molar-refractivity contribution < 1.29 is 14.6 Å². The van der Waals surface area contributed by atoms with Crippen LogP contribution in [0.15, 0.2) is 18.2 Å². The maximum atomic E-state index is 11.0. The number of hydrogen-bond donors (Lipinski definition) is 1. The lowest BCUT2D eigenvalue weighted by Crippen LogP contribution is -2.04. The molecular weight excluding hydrogens is 156 g/mol. The SMILES string of the molecule is CCOC(=O)c1[c]ccc(O)c1. The number of rotatable bonds is 2. The van der Waals surface area contributed by atoms with E-state index in [0.717, 1.165) is 0 Å². The van der Waals surface area contributed by atoms with Gasteiger partial charge in [-0.05, 0) is 31.2 Å². The summed E-state index contributed by atoms with van der Waals surface area (Å²) in [7, 11) is 0. The fourth-order valence-corrected chi connectivity index (χ4v) is 0.781. The topological polar surface area (TPSA) is 46.5 Å². The summed E-state index contributed by atoms with van der Waals surface area (Å²) in [4.78, 5) is 11.0. The van der Waals surface area contributed by atoms with Gasteiger partial charge in [0, 0.05) is 0 Å². The predicted molar refractivity (Wildman–Crippen MR) is 42.9 cm³/mol. The van der Waals surface area contributed by atoms with E-state index >= 15 is 0 Å². The van der Waals surface area contributed by atoms with E-state index in [-0.39, 0.29) is 11.3 Å². The number of phenolic OH excluding ortho intramolecular Hbond substituents is 1. The Morgan fingerprint density at radius 1 is 1.75 bits per heavy atom. The lowest BCUT2D eigenvalue weighted by Gasteiger charge is -2.00. The molecule has 0 saturated carbocycles. The second kappa shape index (κ2) is 3.76. The maximum absolute atomic E-state index is 11.0. The number of hydrogen-bond acceptors (Lipinski definition) is 3. The molecule has 0 fully saturated rings. The summed E-state index contributed by atoms with van der Waals surface area (Å²) in [6.45, 7) is 2.04. The van der Waals surface area contributed by atoms with Crippen LogP contribution < -0.4 is 0 Å². The van der Waals surface area contributed by atoms with Gasteiger partial charge < -0.3 is 9.84 Å². The number of aromatic hydroxyl groups is 1. The minimum atomic E-state index is -0.464. The molecule has 3 heteroatoms. The van der Waals surface area contributed by atoms with Crippen molar-refractivity contribution in [2.45, 2.75) is 6.92 Å². The Bertz CT molecular complexity index is 281. The minimum Gasteiger partial charge on any atom is -0.508 e. The van der Waals surface area contributed by atoms with Gasteiger partial charge in [-0.3, -0.25) is 0 Å². The molecule has 63 valence electrons. The molecule has 0 saturated heterocycles. The number of ether oxygens (including phenoxy) is 1. The second-order valence-corrected chi connectivity index (χ2v) is 2.18. The van der Waals surface area contributed by atoms with Gasteiger partial charge in [-0.15, -0.1) is 0 Å². The van der Waals surface area contributed by atoms with Gasteiger partial charge in [0.1, 0.15) is 5.75 Å². The van der Waals surface area contributed by atoms with Crippen LogP contribution in [0.4, 0.5) is 0 Å². The van der Waals surface area contributed by atoms with E-state index < -0.39 is 5.97 Å². The van der Waals surface area contributed by atoms with Crippen molar-refractivity contribution in [3.8, 4) is 5.75 Å². The molecule has 0 atom stereocenters. The monoisotopic (exact) mass is 165 g/mol. The molecule has 1 rings (SSSR count). The first-order valence-electron chi connectivity index (χ1n) is 3.62. The zero-order valence-electron chi connectivity index (χ0n) is 6.70. The third-order valence-corrected chi connectivity index (χ3v) is 1.28. The Hall–Kier alpha value is -1.51. The molecule has 0 spiro atoms. The highest BCUT2D eigenvalue weighted by atomic mass is 16.5. The first-order chi connectivity index (χ1) is 5.74. The molecule has 0 heterocycles. The molecule has 3 nitrogen and oxygen atoms in total. The van der Waals surface area contributed by atoms with E-state index in [4.69, 9.17) is 9.84 Å². The predicted octanol–water partition coefficient (Wildman–Crippen LogP) is 1.37. The van der Waals surface area contributed by atoms with Crippen LogP contribution in [0.2, 0.25) is 0 Å². The van der Waals surface area contributed by atoms with Crippen LogP contribution in [0.5, 0.6) is 5.75 Å². The highest BCUT2D eigenvalue weighted by molar-refractivity contribution is 5.89. The van der Waals surface area contributed by atoms with Crippen molar-refractivity contribution in [1.29, 1.82) is 0 Å². The summed E-state index contributed by atoms with van der Waals surface area (Å²) in [6, 6.07) is 6.90. The lowest BCUT2D eigenvalue weighted by atomic mass is 10.2. The highest BCUT2D eigenvalue weighted by Crippen LogP contribution is 2.10. The van der Waals surface area contributed by atoms with E-state index in [9.17, 15) is 4.79 Å². The summed E-state index contributed by atoms with van der Waals surface area (Å²) in [5.74, 6) is -0.426. The summed E-state index contributed by atoms with van der Waals surface area (Å²) in [5, 5.41) is 9.00. The number of esters is 1. The molecule has 0 aliphatic rings. The molecule has 0 amide bonds. The second-order valence-electron chi connectivity index (χ2n) is 2.18. The zero-order chi connectivity index (χ0) is 8.97. The van der Waals surface area contributed by atoms with Gasteiger partial charge in [0.15, 0.2) is 0 Å². The maximum Gasteiger partial charge on any atom is 0.338 e. The van der Waals surface area contributed by atoms with Crippen molar-refractivity contribution in [2.24, 2.45) is 0 Å². The fourth-order valence-electron chi connectivity index (χ4n) is 0.781. The first-order valence-corrected chi connectivity index (χ1v) is 3.62. The van der Waals surface area contributed by atoms with Crippen LogP contribution in [-0.2, 0) is 4.74 Å². The smallest absolute Gasteiger partial charge is 0.338 e. The Morgan fingerprint density at radius 2 is 2.50 bits per heavy atom. The van der Waals surface area contributed by atoms with Gasteiger partial charge in [-0.1, -0.05) is 0 Å². The number of benzene rings is 1.